The van der Waals surface area contributed by atoms with Crippen LogP contribution in [-0.2, 0) is 4.74 Å². The molecule has 0 radical (unpaired) electrons. The molecule has 0 saturated heterocycles. The van der Waals surface area contributed by atoms with Gasteiger partial charge < -0.3 is 10.5 Å². The van der Waals surface area contributed by atoms with Crippen molar-refractivity contribution in [3.63, 3.8) is 0 Å². The maximum absolute atomic E-state index is 7.36. The molecule has 0 amide bonds. The third-order valence-corrected chi connectivity index (χ3v) is 2.61. The fourth-order valence-electron chi connectivity index (χ4n) is 1.81. The van der Waals surface area contributed by atoms with Crippen LogP contribution in [0.2, 0.25) is 0 Å². The third kappa shape index (κ3) is 5.74. The molecule has 0 fully saturated rings. The summed E-state index contributed by atoms with van der Waals surface area (Å²) in [4.78, 5) is 2.35. The summed E-state index contributed by atoms with van der Waals surface area (Å²) < 4.78 is 5.10. The van der Waals surface area contributed by atoms with Gasteiger partial charge in [0.05, 0.1) is 12.4 Å². The summed E-state index contributed by atoms with van der Waals surface area (Å²) in [5.74, 6) is 0.268. The highest BCUT2D eigenvalue weighted by molar-refractivity contribution is 5.77. The van der Waals surface area contributed by atoms with E-state index in [1.807, 2.05) is 0 Å². The Labute approximate surface area is 93.3 Å². The first-order chi connectivity index (χ1) is 7.02. The second-order valence-electron chi connectivity index (χ2n) is 4.12. The standard InChI is InChI=1S/C11H25N3O/c1-5-10(8-11(12)13)14(9(2)3)6-7-15-4/h9-10H,5-8H2,1-4H3,(H3,12,13). The van der Waals surface area contributed by atoms with Crippen molar-refractivity contribution in [1.82, 2.24) is 4.90 Å². The molecule has 0 saturated carbocycles. The fourth-order valence-corrected chi connectivity index (χ4v) is 1.81. The van der Waals surface area contributed by atoms with Gasteiger partial charge in [-0.1, -0.05) is 6.92 Å². The fraction of sp³-hybridized carbons (Fsp3) is 0.909. The first kappa shape index (κ1) is 14.4. The Morgan fingerprint density at radius 1 is 1.47 bits per heavy atom. The van der Waals surface area contributed by atoms with E-state index in [1.54, 1.807) is 7.11 Å². The van der Waals surface area contributed by atoms with Crippen LogP contribution in [0.3, 0.4) is 0 Å². The molecule has 15 heavy (non-hydrogen) atoms. The van der Waals surface area contributed by atoms with Crippen molar-refractivity contribution in [2.24, 2.45) is 5.73 Å². The van der Waals surface area contributed by atoms with E-state index in [2.05, 4.69) is 25.7 Å². The van der Waals surface area contributed by atoms with Crippen LogP contribution in [0.25, 0.3) is 0 Å². The number of nitrogens with two attached hydrogens (primary N) is 1. The molecule has 0 aliphatic rings. The number of hydrogen-bond donors (Lipinski definition) is 2. The summed E-state index contributed by atoms with van der Waals surface area (Å²) in [5, 5.41) is 7.36. The molecule has 0 aromatic rings. The van der Waals surface area contributed by atoms with Crippen molar-refractivity contribution in [2.45, 2.75) is 45.7 Å². The lowest BCUT2D eigenvalue weighted by molar-refractivity contribution is 0.0958. The van der Waals surface area contributed by atoms with Gasteiger partial charge in [0.1, 0.15) is 0 Å². The molecule has 1 atom stereocenters. The largest absolute Gasteiger partial charge is 0.388 e. The van der Waals surface area contributed by atoms with Gasteiger partial charge in [-0.05, 0) is 20.3 Å². The highest BCUT2D eigenvalue weighted by Crippen LogP contribution is 2.12. The van der Waals surface area contributed by atoms with Gasteiger partial charge >= 0.3 is 0 Å². The van der Waals surface area contributed by atoms with Crippen molar-refractivity contribution in [3.05, 3.63) is 0 Å². The molecule has 3 N–H and O–H groups in total. The Balaban J connectivity index is 4.33. The Kier molecular flexibility index (Phi) is 7.34. The van der Waals surface area contributed by atoms with Gasteiger partial charge in [-0.2, -0.15) is 0 Å². The van der Waals surface area contributed by atoms with Crippen LogP contribution in [0.1, 0.15) is 33.6 Å². The van der Waals surface area contributed by atoms with Crippen molar-refractivity contribution in [1.29, 1.82) is 5.41 Å². The quantitative estimate of drug-likeness (QED) is 0.476. The zero-order valence-electron chi connectivity index (χ0n) is 10.4. The van der Waals surface area contributed by atoms with E-state index in [9.17, 15) is 0 Å². The van der Waals surface area contributed by atoms with E-state index in [1.165, 1.54) is 0 Å². The maximum atomic E-state index is 7.36. The number of amidine groups is 1. The van der Waals surface area contributed by atoms with Crippen LogP contribution in [0.15, 0.2) is 0 Å². The topological polar surface area (TPSA) is 62.3 Å². The second kappa shape index (κ2) is 7.65. The summed E-state index contributed by atoms with van der Waals surface area (Å²) in [6, 6.07) is 0.821. The minimum absolute atomic E-state index is 0.268. The number of ether oxygens (including phenoxy) is 1. The molecule has 0 bridgehead atoms. The maximum Gasteiger partial charge on any atom is 0.0921 e. The highest BCUT2D eigenvalue weighted by Gasteiger charge is 2.19. The molecule has 0 aromatic heterocycles. The molecule has 0 spiro atoms. The predicted octanol–water partition coefficient (Wildman–Crippen LogP) is 1.45. The number of nitrogens with zero attached hydrogens (tertiary/aromatic N) is 1. The predicted molar refractivity (Wildman–Crippen MR) is 64.3 cm³/mol. The summed E-state index contributed by atoms with van der Waals surface area (Å²) in [6.07, 6.45) is 1.67. The van der Waals surface area contributed by atoms with Gasteiger partial charge in [-0.3, -0.25) is 10.3 Å². The van der Waals surface area contributed by atoms with E-state index in [-0.39, 0.29) is 5.84 Å². The SMILES string of the molecule is CCC(CC(=N)N)N(CCOC)C(C)C. The van der Waals surface area contributed by atoms with Crippen molar-refractivity contribution < 1.29 is 4.74 Å². The second-order valence-corrected chi connectivity index (χ2v) is 4.12. The van der Waals surface area contributed by atoms with E-state index in [0.717, 1.165) is 19.6 Å². The number of hydrogen-bond acceptors (Lipinski definition) is 3. The first-order valence-corrected chi connectivity index (χ1v) is 5.60. The van der Waals surface area contributed by atoms with Crippen molar-refractivity contribution >= 4 is 5.84 Å². The molecule has 4 nitrogen and oxygen atoms in total. The van der Waals surface area contributed by atoms with Gasteiger partial charge in [0.2, 0.25) is 0 Å². The lowest BCUT2D eigenvalue weighted by atomic mass is 10.1. The molecule has 0 rings (SSSR count). The third-order valence-electron chi connectivity index (χ3n) is 2.61. The van der Waals surface area contributed by atoms with Crippen LogP contribution in [-0.4, -0.2) is 43.1 Å². The lowest BCUT2D eigenvalue weighted by Crippen LogP contribution is -2.43. The number of methoxy groups -OCH3 is 1. The number of nitrogens with one attached hydrogen (secondary N) is 1. The van der Waals surface area contributed by atoms with Gasteiger partial charge in [-0.25, -0.2) is 0 Å². The Morgan fingerprint density at radius 3 is 2.40 bits per heavy atom. The average molecular weight is 215 g/mol. The molecule has 90 valence electrons. The molecule has 0 heterocycles. The zero-order chi connectivity index (χ0) is 11.8. The molecule has 0 aliphatic carbocycles. The van der Waals surface area contributed by atoms with Crippen molar-refractivity contribution in [3.8, 4) is 0 Å². The highest BCUT2D eigenvalue weighted by atomic mass is 16.5. The van der Waals surface area contributed by atoms with Gasteiger partial charge in [0.15, 0.2) is 0 Å². The van der Waals surface area contributed by atoms with Crippen LogP contribution < -0.4 is 5.73 Å². The van der Waals surface area contributed by atoms with Gasteiger partial charge in [0, 0.05) is 32.2 Å². The minimum Gasteiger partial charge on any atom is -0.388 e. The van der Waals surface area contributed by atoms with E-state index in [0.29, 0.717) is 18.5 Å². The summed E-state index contributed by atoms with van der Waals surface area (Å²) in [7, 11) is 1.71. The zero-order valence-corrected chi connectivity index (χ0v) is 10.4. The van der Waals surface area contributed by atoms with Crippen molar-refractivity contribution in [2.75, 3.05) is 20.3 Å². The summed E-state index contributed by atoms with van der Waals surface area (Å²) >= 11 is 0. The van der Waals surface area contributed by atoms with E-state index < -0.39 is 0 Å². The molecular formula is C11H25N3O. The Hall–Kier alpha value is -0.610. The first-order valence-electron chi connectivity index (χ1n) is 5.60. The summed E-state index contributed by atoms with van der Waals surface area (Å²) in [6.45, 7) is 8.10. The van der Waals surface area contributed by atoms with E-state index >= 15 is 0 Å². The normalized spacial score (nSPS) is 13.5. The van der Waals surface area contributed by atoms with Crippen LogP contribution >= 0.6 is 0 Å². The van der Waals surface area contributed by atoms with Crippen LogP contribution in [0.5, 0.6) is 0 Å². The molecular weight excluding hydrogens is 190 g/mol. The average Bonchev–Trinajstić information content (AvgIpc) is 2.15. The molecule has 0 aromatic carbocycles. The number of rotatable bonds is 8. The van der Waals surface area contributed by atoms with Crippen LogP contribution in [0.4, 0.5) is 0 Å². The lowest BCUT2D eigenvalue weighted by Gasteiger charge is -2.34. The summed E-state index contributed by atoms with van der Waals surface area (Å²) in [5.41, 5.74) is 5.46. The Bertz CT molecular complexity index is 183. The van der Waals surface area contributed by atoms with Gasteiger partial charge in [0.25, 0.3) is 0 Å². The monoisotopic (exact) mass is 215 g/mol. The van der Waals surface area contributed by atoms with E-state index in [4.69, 9.17) is 15.9 Å². The van der Waals surface area contributed by atoms with Crippen LogP contribution in [0, 0.1) is 5.41 Å². The van der Waals surface area contributed by atoms with Gasteiger partial charge in [-0.15, -0.1) is 0 Å². The Morgan fingerprint density at radius 2 is 2.07 bits per heavy atom. The molecule has 1 unspecified atom stereocenters. The minimum atomic E-state index is 0.268. The molecule has 4 heteroatoms. The molecule has 0 aliphatic heterocycles. The smallest absolute Gasteiger partial charge is 0.0921 e.